The van der Waals surface area contributed by atoms with Crippen molar-refractivity contribution in [3.8, 4) is 23.0 Å². The van der Waals surface area contributed by atoms with E-state index in [4.69, 9.17) is 13.7 Å². The Morgan fingerprint density at radius 3 is 2.27 bits per heavy atom. The molecule has 0 aliphatic carbocycles. The molecule has 37 heavy (non-hydrogen) atoms. The largest absolute Gasteiger partial charge is 0.497 e. The van der Waals surface area contributed by atoms with Crippen LogP contribution < -0.4 is 19.1 Å². The number of ether oxygens (including phenoxy) is 2. The van der Waals surface area contributed by atoms with Gasteiger partial charge in [0.15, 0.2) is 5.75 Å². The van der Waals surface area contributed by atoms with Crippen molar-refractivity contribution in [2.45, 2.75) is 11.3 Å². The van der Waals surface area contributed by atoms with Gasteiger partial charge in [0.2, 0.25) is 5.91 Å². The normalized spacial score (nSPS) is 11.2. The second-order valence-corrected chi connectivity index (χ2v) is 9.33. The molecule has 188 valence electrons. The fourth-order valence-corrected chi connectivity index (χ4v) is 4.26. The van der Waals surface area contributed by atoms with Crippen molar-refractivity contribution < 1.29 is 26.9 Å². The monoisotopic (exact) mass is 516 g/mol. The molecule has 0 aromatic heterocycles. The highest BCUT2D eigenvalue weighted by molar-refractivity contribution is 7.87. The lowest BCUT2D eigenvalue weighted by atomic mass is 10.1. The molecule has 9 heteroatoms. The number of methoxy groups -OCH3 is 1. The van der Waals surface area contributed by atoms with E-state index in [2.05, 4.69) is 10.5 Å². The zero-order chi connectivity index (χ0) is 26.1. The van der Waals surface area contributed by atoms with Crippen LogP contribution >= 0.6 is 0 Å². The molecule has 0 atom stereocenters. The Morgan fingerprint density at radius 1 is 0.838 bits per heavy atom. The molecule has 0 radical (unpaired) electrons. The van der Waals surface area contributed by atoms with Crippen molar-refractivity contribution in [3.63, 3.8) is 0 Å². The number of para-hydroxylation sites is 2. The number of carbonyl (C=O) groups excluding carboxylic acids is 1. The van der Waals surface area contributed by atoms with Gasteiger partial charge in [-0.25, -0.2) is 5.43 Å². The van der Waals surface area contributed by atoms with Gasteiger partial charge in [0.25, 0.3) is 0 Å². The number of nitrogens with one attached hydrogen (secondary N) is 1. The van der Waals surface area contributed by atoms with E-state index in [0.29, 0.717) is 22.8 Å². The molecular formula is C28H24N2O6S. The average molecular weight is 517 g/mol. The van der Waals surface area contributed by atoms with Crippen molar-refractivity contribution in [1.82, 2.24) is 5.43 Å². The molecule has 4 rings (SSSR count). The maximum absolute atomic E-state index is 12.9. The van der Waals surface area contributed by atoms with Crippen LogP contribution in [0.1, 0.15) is 11.1 Å². The lowest BCUT2D eigenvalue weighted by Crippen LogP contribution is -2.19. The number of carbonyl (C=O) groups is 1. The maximum Gasteiger partial charge on any atom is 0.339 e. The molecule has 0 unspecified atom stereocenters. The number of rotatable bonds is 10. The molecule has 0 fully saturated rings. The Balaban J connectivity index is 1.40. The van der Waals surface area contributed by atoms with E-state index in [-0.39, 0.29) is 23.0 Å². The summed E-state index contributed by atoms with van der Waals surface area (Å²) in [5.41, 5.74) is 3.57. The van der Waals surface area contributed by atoms with Crippen molar-refractivity contribution in [2.24, 2.45) is 5.10 Å². The van der Waals surface area contributed by atoms with Crippen molar-refractivity contribution in [2.75, 3.05) is 7.11 Å². The highest BCUT2D eigenvalue weighted by Gasteiger charge is 2.18. The SMILES string of the molecule is COc1cccc(CC(=O)NN=Cc2ccccc2OS(=O)(=O)c2ccc(Oc3ccccc3)cc2)c1. The zero-order valence-corrected chi connectivity index (χ0v) is 20.7. The van der Waals surface area contributed by atoms with Crippen LogP contribution in [-0.4, -0.2) is 27.6 Å². The summed E-state index contributed by atoms with van der Waals surface area (Å²) < 4.78 is 42.0. The zero-order valence-electron chi connectivity index (χ0n) is 19.9. The molecule has 0 spiro atoms. The summed E-state index contributed by atoms with van der Waals surface area (Å²) in [6, 6.07) is 28.7. The Bertz CT molecular complexity index is 1490. The number of hydrogen-bond acceptors (Lipinski definition) is 7. The molecule has 1 N–H and O–H groups in total. The van der Waals surface area contributed by atoms with Crippen LogP contribution in [0.2, 0.25) is 0 Å². The lowest BCUT2D eigenvalue weighted by Gasteiger charge is -2.10. The van der Waals surface area contributed by atoms with E-state index in [1.807, 2.05) is 18.2 Å². The molecule has 0 aliphatic rings. The molecule has 0 saturated heterocycles. The molecular weight excluding hydrogens is 492 g/mol. The van der Waals surface area contributed by atoms with Crippen LogP contribution in [0, 0.1) is 0 Å². The van der Waals surface area contributed by atoms with Crippen LogP contribution in [0.15, 0.2) is 113 Å². The van der Waals surface area contributed by atoms with Crippen LogP contribution in [0.25, 0.3) is 0 Å². The van der Waals surface area contributed by atoms with Gasteiger partial charge in [0.05, 0.1) is 19.7 Å². The van der Waals surface area contributed by atoms with Crippen LogP contribution in [-0.2, 0) is 21.3 Å². The number of benzene rings is 4. The molecule has 0 heterocycles. The van der Waals surface area contributed by atoms with Gasteiger partial charge in [-0.05, 0) is 66.2 Å². The van der Waals surface area contributed by atoms with Crippen LogP contribution in [0.4, 0.5) is 0 Å². The predicted octanol–water partition coefficient (Wildman–Crippen LogP) is 4.95. The average Bonchev–Trinajstić information content (AvgIpc) is 2.90. The van der Waals surface area contributed by atoms with Gasteiger partial charge in [-0.1, -0.05) is 42.5 Å². The fourth-order valence-electron chi connectivity index (χ4n) is 3.31. The van der Waals surface area contributed by atoms with Crippen LogP contribution in [0.5, 0.6) is 23.0 Å². The van der Waals surface area contributed by atoms with Crippen molar-refractivity contribution in [1.29, 1.82) is 0 Å². The van der Waals surface area contributed by atoms with Gasteiger partial charge in [0, 0.05) is 5.56 Å². The third-order valence-electron chi connectivity index (χ3n) is 5.10. The summed E-state index contributed by atoms with van der Waals surface area (Å²) in [7, 11) is -2.58. The van der Waals surface area contributed by atoms with E-state index in [0.717, 1.165) is 5.56 Å². The molecule has 0 bridgehead atoms. The number of nitrogens with zero attached hydrogens (tertiary/aromatic N) is 1. The molecule has 4 aromatic carbocycles. The summed E-state index contributed by atoms with van der Waals surface area (Å²) in [5, 5.41) is 3.95. The molecule has 0 saturated carbocycles. The van der Waals surface area contributed by atoms with E-state index < -0.39 is 10.1 Å². The summed E-state index contributed by atoms with van der Waals surface area (Å²) >= 11 is 0. The third-order valence-corrected chi connectivity index (χ3v) is 6.35. The molecule has 4 aromatic rings. The predicted molar refractivity (Wildman–Crippen MR) is 140 cm³/mol. The van der Waals surface area contributed by atoms with Gasteiger partial charge in [-0.2, -0.15) is 13.5 Å². The van der Waals surface area contributed by atoms with Gasteiger partial charge in [0.1, 0.15) is 22.1 Å². The third kappa shape index (κ3) is 7.18. The Hall–Kier alpha value is -4.63. The molecule has 1 amide bonds. The summed E-state index contributed by atoms with van der Waals surface area (Å²) in [6.07, 6.45) is 1.43. The minimum atomic E-state index is -4.13. The van der Waals surface area contributed by atoms with E-state index >= 15 is 0 Å². The maximum atomic E-state index is 12.9. The quantitative estimate of drug-likeness (QED) is 0.182. The van der Waals surface area contributed by atoms with Gasteiger partial charge >= 0.3 is 10.1 Å². The Labute approximate surface area is 215 Å². The first-order chi connectivity index (χ1) is 17.9. The first kappa shape index (κ1) is 25.5. The number of amides is 1. The highest BCUT2D eigenvalue weighted by Crippen LogP contribution is 2.25. The second kappa shape index (κ2) is 11.9. The first-order valence-corrected chi connectivity index (χ1v) is 12.6. The van der Waals surface area contributed by atoms with Gasteiger partial charge in [-0.15, -0.1) is 0 Å². The number of hydrogen-bond donors (Lipinski definition) is 1. The topological polar surface area (TPSA) is 103 Å². The Kier molecular flexibility index (Phi) is 8.17. The van der Waals surface area contributed by atoms with E-state index in [9.17, 15) is 13.2 Å². The summed E-state index contributed by atoms with van der Waals surface area (Å²) in [4.78, 5) is 12.2. The van der Waals surface area contributed by atoms with E-state index in [1.165, 1.54) is 24.4 Å². The highest BCUT2D eigenvalue weighted by atomic mass is 32.2. The standard InChI is InChI=1S/C28H24N2O6S/c1-34-25-12-7-8-21(18-25)19-28(31)30-29-20-22-9-5-6-13-27(22)36-37(32,33)26-16-14-24(15-17-26)35-23-10-3-2-4-11-23/h2-18,20H,19H2,1H3,(H,30,31). The van der Waals surface area contributed by atoms with Gasteiger partial charge in [-0.3, -0.25) is 4.79 Å². The van der Waals surface area contributed by atoms with E-state index in [1.54, 1.807) is 73.8 Å². The molecule has 8 nitrogen and oxygen atoms in total. The van der Waals surface area contributed by atoms with Gasteiger partial charge < -0.3 is 13.7 Å². The minimum Gasteiger partial charge on any atom is -0.497 e. The number of hydrazone groups is 1. The first-order valence-electron chi connectivity index (χ1n) is 11.2. The van der Waals surface area contributed by atoms with Crippen molar-refractivity contribution in [3.05, 3.63) is 114 Å². The Morgan fingerprint density at radius 2 is 1.51 bits per heavy atom. The van der Waals surface area contributed by atoms with Crippen LogP contribution in [0.3, 0.4) is 0 Å². The summed E-state index contributed by atoms with van der Waals surface area (Å²) in [5.74, 6) is 1.51. The molecule has 0 aliphatic heterocycles. The summed E-state index contributed by atoms with van der Waals surface area (Å²) in [6.45, 7) is 0. The smallest absolute Gasteiger partial charge is 0.339 e. The minimum absolute atomic E-state index is 0.0359. The van der Waals surface area contributed by atoms with Crippen molar-refractivity contribution >= 4 is 22.2 Å². The second-order valence-electron chi connectivity index (χ2n) is 7.78. The fraction of sp³-hybridized carbons (Fsp3) is 0.0714. The lowest BCUT2D eigenvalue weighted by molar-refractivity contribution is -0.120.